The number of amides is 2. The molecule has 7 heteroatoms. The number of aromatic nitrogens is 4. The standard InChI is InChI=1S/C20H16N6O/c1-21-20(27)24-13-8-9-14-17(12-13)26-19(16-7-3-5-11-23-16)18(25-14)15-6-2-4-10-22-15/h2-12H,1H3,(H2,21,24,27). The lowest BCUT2D eigenvalue weighted by atomic mass is 10.1. The maximum absolute atomic E-state index is 11.6. The minimum Gasteiger partial charge on any atom is -0.341 e. The van der Waals surface area contributed by atoms with Crippen molar-refractivity contribution in [3.8, 4) is 22.8 Å². The Balaban J connectivity index is 1.91. The molecule has 3 aromatic heterocycles. The van der Waals surface area contributed by atoms with Gasteiger partial charge in [-0.25, -0.2) is 14.8 Å². The van der Waals surface area contributed by atoms with E-state index in [-0.39, 0.29) is 6.03 Å². The van der Waals surface area contributed by atoms with Crippen molar-refractivity contribution in [1.82, 2.24) is 25.3 Å². The van der Waals surface area contributed by atoms with E-state index in [9.17, 15) is 4.79 Å². The lowest BCUT2D eigenvalue weighted by Crippen LogP contribution is -2.24. The number of hydrogen-bond donors (Lipinski definition) is 2. The van der Waals surface area contributed by atoms with Crippen LogP contribution in [0.4, 0.5) is 10.5 Å². The number of carbonyl (C=O) groups excluding carboxylic acids is 1. The van der Waals surface area contributed by atoms with Gasteiger partial charge in [0.2, 0.25) is 0 Å². The van der Waals surface area contributed by atoms with Crippen LogP contribution in [0.3, 0.4) is 0 Å². The molecule has 0 bridgehead atoms. The molecule has 0 aliphatic rings. The quantitative estimate of drug-likeness (QED) is 0.586. The minimum atomic E-state index is -0.294. The molecule has 7 nitrogen and oxygen atoms in total. The first-order chi connectivity index (χ1) is 13.2. The summed E-state index contributed by atoms with van der Waals surface area (Å²) >= 11 is 0. The molecular formula is C20H16N6O. The smallest absolute Gasteiger partial charge is 0.318 e. The van der Waals surface area contributed by atoms with Gasteiger partial charge in [0, 0.05) is 25.1 Å². The second-order valence-electron chi connectivity index (χ2n) is 5.76. The molecule has 3 heterocycles. The number of pyridine rings is 2. The van der Waals surface area contributed by atoms with E-state index >= 15 is 0 Å². The molecule has 0 unspecified atom stereocenters. The molecule has 0 radical (unpaired) electrons. The molecule has 27 heavy (non-hydrogen) atoms. The Morgan fingerprint density at radius 2 is 1.44 bits per heavy atom. The fourth-order valence-corrected chi connectivity index (χ4v) is 2.69. The van der Waals surface area contributed by atoms with E-state index in [2.05, 4.69) is 20.6 Å². The van der Waals surface area contributed by atoms with Crippen molar-refractivity contribution in [3.05, 3.63) is 67.0 Å². The third-order valence-corrected chi connectivity index (χ3v) is 3.96. The number of urea groups is 1. The summed E-state index contributed by atoms with van der Waals surface area (Å²) in [7, 11) is 1.56. The molecule has 2 N–H and O–H groups in total. The Labute approximate surface area is 155 Å². The third kappa shape index (κ3) is 3.43. The van der Waals surface area contributed by atoms with Crippen molar-refractivity contribution in [1.29, 1.82) is 0 Å². The van der Waals surface area contributed by atoms with Crippen LogP contribution in [-0.4, -0.2) is 33.0 Å². The summed E-state index contributed by atoms with van der Waals surface area (Å²) in [6, 6.07) is 16.4. The highest BCUT2D eigenvalue weighted by Gasteiger charge is 2.15. The van der Waals surface area contributed by atoms with Gasteiger partial charge in [0.05, 0.1) is 22.4 Å². The van der Waals surface area contributed by atoms with Gasteiger partial charge in [-0.05, 0) is 42.5 Å². The van der Waals surface area contributed by atoms with E-state index in [0.29, 0.717) is 33.8 Å². The first-order valence-corrected chi connectivity index (χ1v) is 8.38. The predicted molar refractivity (Wildman–Crippen MR) is 104 cm³/mol. The van der Waals surface area contributed by atoms with Crippen LogP contribution in [0, 0.1) is 0 Å². The summed E-state index contributed by atoms with van der Waals surface area (Å²) in [4.78, 5) is 29.9. The van der Waals surface area contributed by atoms with E-state index in [1.54, 1.807) is 31.6 Å². The van der Waals surface area contributed by atoms with Crippen molar-refractivity contribution >= 4 is 22.8 Å². The number of carbonyl (C=O) groups is 1. The van der Waals surface area contributed by atoms with Crippen LogP contribution in [0.2, 0.25) is 0 Å². The third-order valence-electron chi connectivity index (χ3n) is 3.96. The maximum Gasteiger partial charge on any atom is 0.318 e. The van der Waals surface area contributed by atoms with Crippen molar-refractivity contribution in [2.45, 2.75) is 0 Å². The molecule has 0 saturated carbocycles. The first-order valence-electron chi connectivity index (χ1n) is 8.38. The van der Waals surface area contributed by atoms with Gasteiger partial charge in [0.1, 0.15) is 11.4 Å². The van der Waals surface area contributed by atoms with Crippen LogP contribution >= 0.6 is 0 Å². The second kappa shape index (κ2) is 7.17. The van der Waals surface area contributed by atoms with Crippen LogP contribution in [-0.2, 0) is 0 Å². The number of nitrogens with zero attached hydrogens (tertiary/aromatic N) is 4. The van der Waals surface area contributed by atoms with E-state index in [0.717, 1.165) is 5.69 Å². The monoisotopic (exact) mass is 356 g/mol. The van der Waals surface area contributed by atoms with Gasteiger partial charge < -0.3 is 10.6 Å². The zero-order chi connectivity index (χ0) is 18.6. The predicted octanol–water partition coefficient (Wildman–Crippen LogP) is 3.51. The lowest BCUT2D eigenvalue weighted by molar-refractivity contribution is 0.254. The molecule has 1 aromatic carbocycles. The fraction of sp³-hybridized carbons (Fsp3) is 0.0500. The average Bonchev–Trinajstić information content (AvgIpc) is 2.74. The minimum absolute atomic E-state index is 0.294. The summed E-state index contributed by atoms with van der Waals surface area (Å²) < 4.78 is 0. The van der Waals surface area contributed by atoms with Gasteiger partial charge in [-0.3, -0.25) is 9.97 Å². The highest BCUT2D eigenvalue weighted by molar-refractivity contribution is 5.92. The van der Waals surface area contributed by atoms with Crippen molar-refractivity contribution in [2.24, 2.45) is 0 Å². The number of fused-ring (bicyclic) bond motifs is 1. The summed E-state index contributed by atoms with van der Waals surface area (Å²) in [6.07, 6.45) is 3.44. The number of hydrogen-bond acceptors (Lipinski definition) is 5. The van der Waals surface area contributed by atoms with E-state index in [4.69, 9.17) is 9.97 Å². The number of benzene rings is 1. The summed E-state index contributed by atoms with van der Waals surface area (Å²) in [5.74, 6) is 0. The fourth-order valence-electron chi connectivity index (χ4n) is 2.69. The van der Waals surface area contributed by atoms with Gasteiger partial charge in [-0.2, -0.15) is 0 Å². The molecule has 0 spiro atoms. The number of anilines is 1. The Kier molecular flexibility index (Phi) is 4.40. The molecule has 0 fully saturated rings. The molecule has 4 aromatic rings. The van der Waals surface area contributed by atoms with Crippen molar-refractivity contribution in [3.63, 3.8) is 0 Å². The number of rotatable bonds is 3. The largest absolute Gasteiger partial charge is 0.341 e. The van der Waals surface area contributed by atoms with Gasteiger partial charge in [-0.1, -0.05) is 12.1 Å². The van der Waals surface area contributed by atoms with E-state index in [1.165, 1.54) is 0 Å². The molecule has 0 aliphatic carbocycles. The Morgan fingerprint density at radius 1 is 0.815 bits per heavy atom. The first kappa shape index (κ1) is 16.6. The zero-order valence-corrected chi connectivity index (χ0v) is 14.5. The summed E-state index contributed by atoms with van der Waals surface area (Å²) in [6.45, 7) is 0. The van der Waals surface area contributed by atoms with Gasteiger partial charge in [0.15, 0.2) is 0 Å². The summed E-state index contributed by atoms with van der Waals surface area (Å²) in [5, 5.41) is 5.27. The lowest BCUT2D eigenvalue weighted by Gasteiger charge is -2.10. The molecule has 4 rings (SSSR count). The van der Waals surface area contributed by atoms with Crippen molar-refractivity contribution < 1.29 is 4.79 Å². The summed E-state index contributed by atoms with van der Waals surface area (Å²) in [5.41, 5.74) is 4.72. The average molecular weight is 356 g/mol. The molecule has 0 atom stereocenters. The van der Waals surface area contributed by atoms with Gasteiger partial charge in [-0.15, -0.1) is 0 Å². The normalized spacial score (nSPS) is 10.6. The van der Waals surface area contributed by atoms with Gasteiger partial charge in [0.25, 0.3) is 0 Å². The Hall–Kier alpha value is -3.87. The van der Waals surface area contributed by atoms with Crippen LogP contribution in [0.1, 0.15) is 0 Å². The molecule has 0 saturated heterocycles. The Morgan fingerprint density at radius 3 is 2.00 bits per heavy atom. The van der Waals surface area contributed by atoms with Crippen LogP contribution < -0.4 is 10.6 Å². The Bertz CT molecular complexity index is 1100. The molecular weight excluding hydrogens is 340 g/mol. The van der Waals surface area contributed by atoms with Crippen molar-refractivity contribution in [2.75, 3.05) is 12.4 Å². The zero-order valence-electron chi connectivity index (χ0n) is 14.5. The van der Waals surface area contributed by atoms with E-state index in [1.807, 2.05) is 42.5 Å². The maximum atomic E-state index is 11.6. The molecule has 0 aliphatic heterocycles. The van der Waals surface area contributed by atoms with E-state index < -0.39 is 0 Å². The van der Waals surface area contributed by atoms with Crippen LogP contribution in [0.5, 0.6) is 0 Å². The topological polar surface area (TPSA) is 92.7 Å². The van der Waals surface area contributed by atoms with Gasteiger partial charge >= 0.3 is 6.03 Å². The number of nitrogens with one attached hydrogen (secondary N) is 2. The highest BCUT2D eigenvalue weighted by Crippen LogP contribution is 2.29. The highest BCUT2D eigenvalue weighted by atomic mass is 16.2. The van der Waals surface area contributed by atoms with Crippen LogP contribution in [0.25, 0.3) is 33.8 Å². The van der Waals surface area contributed by atoms with Crippen LogP contribution in [0.15, 0.2) is 67.0 Å². The second-order valence-corrected chi connectivity index (χ2v) is 5.76. The molecule has 132 valence electrons. The SMILES string of the molecule is CNC(=O)Nc1ccc2nc(-c3ccccn3)c(-c3ccccn3)nc2c1. The molecule has 2 amide bonds.